The van der Waals surface area contributed by atoms with E-state index >= 15 is 0 Å². The number of aliphatic hydroxyl groups excluding tert-OH is 1. The lowest BCUT2D eigenvalue weighted by Crippen LogP contribution is -2.48. The molecule has 67 heavy (non-hydrogen) atoms. The number of hydrogen-bond donors (Lipinski definition) is 6. The summed E-state index contributed by atoms with van der Waals surface area (Å²) in [6.07, 6.45) is -0.586. The van der Waals surface area contributed by atoms with Gasteiger partial charge in [0, 0.05) is 78.7 Å². The van der Waals surface area contributed by atoms with Crippen molar-refractivity contribution in [1.29, 1.82) is 0 Å². The number of phenolic OH excluding ortho intramolecular Hbond substituents is 2. The van der Waals surface area contributed by atoms with Gasteiger partial charge >= 0.3 is 0 Å². The summed E-state index contributed by atoms with van der Waals surface area (Å²) in [7, 11) is 1.45. The number of fused-ring (bicyclic) bond motifs is 5. The van der Waals surface area contributed by atoms with Crippen LogP contribution in [0.4, 0.5) is 0 Å². The number of nitrogens with two attached hydrogens (primary N) is 2. The summed E-state index contributed by atoms with van der Waals surface area (Å²) in [6, 6.07) is 19.6. The van der Waals surface area contributed by atoms with Gasteiger partial charge in [0.1, 0.15) is 23.6 Å². The molecular formula is C51H58ClN5O10. The molecule has 4 aromatic rings. The summed E-state index contributed by atoms with van der Waals surface area (Å²) in [5.74, 6) is -7.22. The zero-order valence-corrected chi connectivity index (χ0v) is 38.6. The van der Waals surface area contributed by atoms with E-state index in [0.717, 1.165) is 16.0 Å². The van der Waals surface area contributed by atoms with E-state index in [0.29, 0.717) is 42.0 Å². The van der Waals surface area contributed by atoms with Crippen LogP contribution in [0, 0.1) is 17.8 Å². The van der Waals surface area contributed by atoms with Crippen molar-refractivity contribution in [3.05, 3.63) is 107 Å². The van der Waals surface area contributed by atoms with Crippen molar-refractivity contribution in [3.63, 3.8) is 0 Å². The second-order valence-corrected chi connectivity index (χ2v) is 18.3. The second kappa shape index (κ2) is 21.9. The van der Waals surface area contributed by atoms with E-state index in [1.165, 1.54) is 50.1 Å². The number of rotatable bonds is 15. The quantitative estimate of drug-likeness (QED) is 0.0661. The van der Waals surface area contributed by atoms with Gasteiger partial charge in [-0.25, -0.2) is 0 Å². The van der Waals surface area contributed by atoms with Crippen molar-refractivity contribution in [3.8, 4) is 33.8 Å². The lowest BCUT2D eigenvalue weighted by atomic mass is 9.87. The molecule has 1 saturated heterocycles. The third-order valence-corrected chi connectivity index (χ3v) is 13.1. The number of nitrogens with zero attached hydrogens (tertiary/aromatic N) is 2. The molecule has 2 aliphatic heterocycles. The van der Waals surface area contributed by atoms with Crippen molar-refractivity contribution in [2.75, 3.05) is 20.1 Å². The number of likely N-dealkylation sites (tertiary alicyclic amines) is 1. The SMILES string of the molecule is C[C@@H]1CC(=O)[C@@H](N(C)C(=O)[C@H](CCCCN)CC(=O)c2ccc(-c3ccc(Cl)cc3)cc2)c2ccc(O)c(c2)-c2cc(ccc2O)C[C@@H](C(=O)C[C@@H](C)C(=O)N2C[C@H](O)C[C@H]2C(N)=O)NC1=O. The minimum Gasteiger partial charge on any atom is -0.507 e. The number of phenols is 2. The molecule has 2 aliphatic rings. The third-order valence-electron chi connectivity index (χ3n) is 12.8. The summed E-state index contributed by atoms with van der Waals surface area (Å²) in [4.78, 5) is 99.3. The first-order valence-corrected chi connectivity index (χ1v) is 22.9. The number of primary amides is 1. The number of β-amino-alcohol motifs (C(OH)–C–C–N with tert-alkyl or cyclic N) is 1. The molecule has 7 atom stereocenters. The molecule has 0 radical (unpaired) electrons. The number of unbranched alkanes of at least 4 members (excludes halogenated alkanes) is 1. The number of carbonyl (C=O) groups excluding carboxylic acids is 7. The molecule has 8 N–H and O–H groups in total. The summed E-state index contributed by atoms with van der Waals surface area (Å²) in [5, 5.41) is 35.9. The first-order valence-electron chi connectivity index (χ1n) is 22.5. The molecule has 354 valence electrons. The van der Waals surface area contributed by atoms with Gasteiger partial charge in [0.25, 0.3) is 0 Å². The van der Waals surface area contributed by atoms with Crippen molar-refractivity contribution in [2.24, 2.45) is 29.2 Å². The summed E-state index contributed by atoms with van der Waals surface area (Å²) in [6.45, 7) is 3.26. The number of benzene rings is 4. The predicted octanol–water partition coefficient (Wildman–Crippen LogP) is 5.28. The van der Waals surface area contributed by atoms with E-state index in [-0.39, 0.29) is 72.6 Å². The van der Waals surface area contributed by atoms with Gasteiger partial charge in [0.05, 0.1) is 12.1 Å². The van der Waals surface area contributed by atoms with Gasteiger partial charge in [0.15, 0.2) is 17.3 Å². The lowest BCUT2D eigenvalue weighted by Gasteiger charge is -2.32. The van der Waals surface area contributed by atoms with E-state index < -0.39 is 77.2 Å². The van der Waals surface area contributed by atoms with Crippen molar-refractivity contribution in [2.45, 2.75) is 89.4 Å². The van der Waals surface area contributed by atoms with Crippen LogP contribution in [0.25, 0.3) is 22.3 Å². The molecule has 2 heterocycles. The second-order valence-electron chi connectivity index (χ2n) is 17.9. The first-order chi connectivity index (χ1) is 31.9. The average Bonchev–Trinajstić information content (AvgIpc) is 3.70. The maximum Gasteiger partial charge on any atom is 0.240 e. The van der Waals surface area contributed by atoms with Gasteiger partial charge in [-0.2, -0.15) is 0 Å². The highest BCUT2D eigenvalue weighted by molar-refractivity contribution is 6.30. The molecular weight excluding hydrogens is 878 g/mol. The number of ketones is 3. The van der Waals surface area contributed by atoms with Crippen LogP contribution < -0.4 is 16.8 Å². The van der Waals surface area contributed by atoms with E-state index in [1.807, 2.05) is 24.3 Å². The molecule has 0 unspecified atom stereocenters. The zero-order chi connectivity index (χ0) is 48.7. The van der Waals surface area contributed by atoms with Crippen LogP contribution >= 0.6 is 11.6 Å². The molecule has 0 saturated carbocycles. The largest absolute Gasteiger partial charge is 0.507 e. The van der Waals surface area contributed by atoms with Gasteiger partial charge in [0.2, 0.25) is 23.6 Å². The van der Waals surface area contributed by atoms with Crippen LogP contribution in [0.1, 0.15) is 86.3 Å². The molecule has 0 spiro atoms. The molecule has 4 aromatic carbocycles. The first kappa shape index (κ1) is 50.0. The average molecular weight is 937 g/mol. The maximum atomic E-state index is 14.7. The highest BCUT2D eigenvalue weighted by atomic mass is 35.5. The summed E-state index contributed by atoms with van der Waals surface area (Å²) >= 11 is 6.06. The predicted molar refractivity (Wildman–Crippen MR) is 251 cm³/mol. The smallest absolute Gasteiger partial charge is 0.240 e. The van der Waals surface area contributed by atoms with E-state index in [2.05, 4.69) is 5.32 Å². The van der Waals surface area contributed by atoms with Crippen LogP contribution in [0.15, 0.2) is 84.9 Å². The number of aliphatic hydroxyl groups is 1. The monoisotopic (exact) mass is 935 g/mol. The third kappa shape index (κ3) is 11.9. The number of nitrogens with one attached hydrogen (secondary N) is 1. The van der Waals surface area contributed by atoms with E-state index in [1.54, 1.807) is 36.4 Å². The summed E-state index contributed by atoms with van der Waals surface area (Å²) < 4.78 is 0. The minimum absolute atomic E-state index is 0.0273. The molecule has 16 heteroatoms. The highest BCUT2D eigenvalue weighted by Gasteiger charge is 2.41. The number of amides is 4. The van der Waals surface area contributed by atoms with Gasteiger partial charge in [-0.1, -0.05) is 80.4 Å². The molecule has 0 aromatic heterocycles. The zero-order valence-electron chi connectivity index (χ0n) is 37.8. The number of Topliss-reactive ketones (excluding diaryl/α,β-unsaturated/α-hetero) is 3. The Morgan fingerprint density at radius 2 is 1.49 bits per heavy atom. The fourth-order valence-corrected chi connectivity index (χ4v) is 9.16. The number of carbonyl (C=O) groups is 7. The Hall–Kier alpha value is -6.42. The maximum absolute atomic E-state index is 14.7. The van der Waals surface area contributed by atoms with E-state index in [9.17, 15) is 48.9 Å². The van der Waals surface area contributed by atoms with Crippen LogP contribution in [-0.2, 0) is 35.2 Å². The molecule has 4 amide bonds. The minimum atomic E-state index is -1.32. The van der Waals surface area contributed by atoms with Crippen molar-refractivity contribution in [1.82, 2.24) is 15.1 Å². The number of aromatic hydroxyl groups is 2. The van der Waals surface area contributed by atoms with Gasteiger partial charge in [-0.3, -0.25) is 33.6 Å². The van der Waals surface area contributed by atoms with Gasteiger partial charge < -0.3 is 41.9 Å². The Labute approximate surface area is 394 Å². The van der Waals surface area contributed by atoms with Crippen LogP contribution in [0.5, 0.6) is 11.5 Å². The Morgan fingerprint density at radius 1 is 0.866 bits per heavy atom. The Morgan fingerprint density at radius 3 is 2.13 bits per heavy atom. The number of halogens is 1. The molecule has 15 nitrogen and oxygen atoms in total. The Balaban J connectivity index is 1.29. The van der Waals surface area contributed by atoms with Gasteiger partial charge in [-0.05, 0) is 84.5 Å². The van der Waals surface area contributed by atoms with Crippen LogP contribution in [-0.4, -0.2) is 104 Å². The fourth-order valence-electron chi connectivity index (χ4n) is 9.03. The molecule has 1 fully saturated rings. The van der Waals surface area contributed by atoms with Crippen molar-refractivity contribution >= 4 is 52.6 Å². The standard InChI is InChI=1S/C51H58ClN5O10/c1-28-20-46(63)47(56(3)51(67)35(6-4-5-19-53)25-44(61)33-10-8-31(9-11-33)32-12-15-36(52)16-13-32)34-14-18-43(60)39(24-34)38-22-30(7-17-42(38)59)23-40(55-49(28)65)45(62)21-29(2)50(66)57-27-37(58)26-41(57)48(54)64/h7-18,22,24,28-29,35,37,40-41,47,58-60H,4-6,19-21,23,25-27,53H2,1-3H3,(H2,54,64)(H,55,65)/t28-,29-,35-,37-,40+,41+,47+/m1/s1. The number of likely N-dealkylation sites (N-methyl/N-ethyl adjacent to an activating group) is 1. The lowest BCUT2D eigenvalue weighted by molar-refractivity contribution is -0.142. The Kier molecular flexibility index (Phi) is 16.4. The molecule has 4 bridgehead atoms. The van der Waals surface area contributed by atoms with E-state index in [4.69, 9.17) is 23.1 Å². The molecule has 0 aliphatic carbocycles. The number of hydrogen-bond acceptors (Lipinski definition) is 11. The fraction of sp³-hybridized carbons (Fsp3) is 0.392. The van der Waals surface area contributed by atoms with Crippen LogP contribution in [0.3, 0.4) is 0 Å². The molecule has 6 rings (SSSR count). The van der Waals surface area contributed by atoms with Crippen molar-refractivity contribution < 1.29 is 48.9 Å². The Bertz CT molecular complexity index is 2510. The van der Waals surface area contributed by atoms with Crippen LogP contribution in [0.2, 0.25) is 5.02 Å². The highest BCUT2D eigenvalue weighted by Crippen LogP contribution is 2.40. The summed E-state index contributed by atoms with van der Waals surface area (Å²) in [5.41, 5.74) is 14.5. The topological polar surface area (TPSA) is 251 Å². The normalized spacial score (nSPS) is 20.6. The van der Waals surface area contributed by atoms with Gasteiger partial charge in [-0.15, -0.1) is 0 Å².